The van der Waals surface area contributed by atoms with Gasteiger partial charge in [-0.15, -0.1) is 0 Å². The molecular weight excluding hydrogens is 602 g/mol. The van der Waals surface area contributed by atoms with Crippen molar-refractivity contribution in [2.24, 2.45) is 0 Å². The molecule has 0 spiro atoms. The van der Waals surface area contributed by atoms with Crippen LogP contribution >= 0.6 is 0 Å². The normalized spacial score (nSPS) is 12.3. The fourth-order valence-electron chi connectivity index (χ4n) is 6.17. The third-order valence-corrected chi connectivity index (χ3v) is 9.90. The van der Waals surface area contributed by atoms with Gasteiger partial charge in [-0.2, -0.15) is 0 Å². The van der Waals surface area contributed by atoms with E-state index in [0.29, 0.717) is 61.6 Å². The van der Waals surface area contributed by atoms with Gasteiger partial charge in [0.05, 0.1) is 17.6 Å². The Hall–Kier alpha value is -3.74. The molecule has 4 aromatic rings. The summed E-state index contributed by atoms with van der Waals surface area (Å²) in [5, 5.41) is 0. The number of hydrogen-bond acceptors (Lipinski definition) is 8. The average Bonchev–Trinajstić information content (AvgIpc) is 3.38. The molecule has 0 atom stereocenters. The van der Waals surface area contributed by atoms with E-state index in [1.54, 1.807) is 28.8 Å². The van der Waals surface area contributed by atoms with Crippen molar-refractivity contribution in [3.05, 3.63) is 86.3 Å². The summed E-state index contributed by atoms with van der Waals surface area (Å²) in [5.41, 5.74) is 8.53. The molecule has 0 fully saturated rings. The summed E-state index contributed by atoms with van der Waals surface area (Å²) in [5.74, 6) is 0.651. The predicted molar refractivity (Wildman–Crippen MR) is 185 cm³/mol. The maximum absolute atomic E-state index is 14.2. The van der Waals surface area contributed by atoms with Gasteiger partial charge in [0, 0.05) is 31.5 Å². The molecule has 250 valence electrons. The predicted octanol–water partition coefficient (Wildman–Crippen LogP) is 3.60. The lowest BCUT2D eigenvalue weighted by Crippen LogP contribution is -2.51. The second kappa shape index (κ2) is 15.2. The first-order chi connectivity index (χ1) is 22.0. The van der Waals surface area contributed by atoms with E-state index in [9.17, 15) is 18.0 Å². The highest BCUT2D eigenvalue weighted by atomic mass is 32.2. The Balaban J connectivity index is 1.96. The van der Waals surface area contributed by atoms with Gasteiger partial charge in [-0.05, 0) is 74.4 Å². The van der Waals surface area contributed by atoms with Gasteiger partial charge >= 0.3 is 5.69 Å². The first-order valence-electron chi connectivity index (χ1n) is 16.3. The topological polar surface area (TPSA) is 128 Å². The van der Waals surface area contributed by atoms with Gasteiger partial charge in [0.1, 0.15) is 5.82 Å². The molecule has 4 rings (SSSR count). The fraction of sp³-hybridized carbons (Fsp3) is 0.500. The first-order valence-corrected chi connectivity index (χ1v) is 18.2. The van der Waals surface area contributed by atoms with E-state index in [1.165, 1.54) is 10.8 Å². The van der Waals surface area contributed by atoms with Crippen LogP contribution in [0, 0.1) is 0 Å². The molecule has 0 saturated carbocycles. The number of aromatic nitrogens is 4. The molecule has 0 aliphatic carbocycles. The molecule has 2 aromatic carbocycles. The van der Waals surface area contributed by atoms with Gasteiger partial charge in [0.2, 0.25) is 0 Å². The van der Waals surface area contributed by atoms with Crippen molar-refractivity contribution in [2.45, 2.75) is 84.6 Å². The molecule has 46 heavy (non-hydrogen) atoms. The Labute approximate surface area is 272 Å². The minimum absolute atomic E-state index is 0.0112. The van der Waals surface area contributed by atoms with Crippen LogP contribution in [0.1, 0.15) is 58.0 Å². The Bertz CT molecular complexity index is 1820. The maximum atomic E-state index is 14.2. The molecule has 0 amide bonds. The third-order valence-electron chi connectivity index (χ3n) is 8.77. The van der Waals surface area contributed by atoms with Gasteiger partial charge in [0.15, 0.2) is 21.0 Å². The number of sulfone groups is 1. The van der Waals surface area contributed by atoms with E-state index in [0.717, 1.165) is 37.3 Å². The summed E-state index contributed by atoms with van der Waals surface area (Å²) in [6.07, 6.45) is 2.74. The lowest BCUT2D eigenvalue weighted by Gasteiger charge is -2.38. The van der Waals surface area contributed by atoms with E-state index < -0.39 is 9.84 Å². The summed E-state index contributed by atoms with van der Waals surface area (Å²) in [6, 6.07) is 14.4. The van der Waals surface area contributed by atoms with Crippen molar-refractivity contribution in [1.29, 1.82) is 0 Å². The van der Waals surface area contributed by atoms with Crippen LogP contribution < -0.4 is 17.0 Å². The van der Waals surface area contributed by atoms with E-state index in [-0.39, 0.29) is 22.3 Å². The third kappa shape index (κ3) is 7.62. The Morgan fingerprint density at radius 2 is 1.35 bits per heavy atom. The maximum Gasteiger partial charge on any atom is 0.332 e. The van der Waals surface area contributed by atoms with Crippen molar-refractivity contribution >= 4 is 26.7 Å². The Kier molecular flexibility index (Phi) is 11.6. The summed E-state index contributed by atoms with van der Waals surface area (Å²) in [6.45, 7) is 15.0. The zero-order valence-corrected chi connectivity index (χ0v) is 28.9. The monoisotopic (exact) mass is 651 g/mol. The van der Waals surface area contributed by atoms with Crippen LogP contribution in [0.2, 0.25) is 0 Å². The number of hydrogen-bond donors (Lipinski definition) is 1. The average molecular weight is 652 g/mol. The number of benzene rings is 2. The van der Waals surface area contributed by atoms with Crippen LogP contribution in [-0.2, 0) is 42.3 Å². The van der Waals surface area contributed by atoms with Crippen molar-refractivity contribution in [1.82, 2.24) is 28.5 Å². The highest BCUT2D eigenvalue weighted by molar-refractivity contribution is 7.90. The molecule has 2 N–H and O–H groups in total. The molecule has 11 nitrogen and oxygen atoms in total. The fourth-order valence-corrected chi connectivity index (χ4v) is 6.80. The lowest BCUT2D eigenvalue weighted by molar-refractivity contribution is 0.0438. The number of nitrogens with zero attached hydrogens (tertiary/aromatic N) is 6. The van der Waals surface area contributed by atoms with Gasteiger partial charge in [0.25, 0.3) is 5.56 Å². The highest BCUT2D eigenvalue weighted by Crippen LogP contribution is 2.21. The SMILES string of the molecule is CCCn1c(=O)c2c(nc(Cc3ccc(S(C)(=O)=O)cc3)n2CC(N(CC)CC)N(CC)CC)n(CCc2ccc(N)cc2)c1=O. The molecule has 0 aliphatic heterocycles. The van der Waals surface area contributed by atoms with Crippen molar-refractivity contribution in [2.75, 3.05) is 38.2 Å². The number of anilines is 1. The van der Waals surface area contributed by atoms with E-state index in [4.69, 9.17) is 10.7 Å². The minimum atomic E-state index is -3.35. The van der Waals surface area contributed by atoms with Crippen LogP contribution in [-0.4, -0.2) is 75.5 Å². The molecule has 2 heterocycles. The van der Waals surface area contributed by atoms with Crippen LogP contribution in [0.15, 0.2) is 63.0 Å². The van der Waals surface area contributed by atoms with Gasteiger partial charge < -0.3 is 10.3 Å². The molecule has 2 aromatic heterocycles. The molecule has 0 saturated heterocycles. The number of fused-ring (bicyclic) bond motifs is 1. The zero-order chi connectivity index (χ0) is 33.6. The van der Waals surface area contributed by atoms with Crippen molar-refractivity contribution in [3.63, 3.8) is 0 Å². The van der Waals surface area contributed by atoms with Crippen LogP contribution in [0.5, 0.6) is 0 Å². The molecule has 0 unspecified atom stereocenters. The van der Waals surface area contributed by atoms with Crippen molar-refractivity contribution in [3.8, 4) is 0 Å². The summed E-state index contributed by atoms with van der Waals surface area (Å²) < 4.78 is 29.2. The molecule has 0 bridgehead atoms. The lowest BCUT2D eigenvalue weighted by atomic mass is 10.1. The molecule has 12 heteroatoms. The number of likely N-dealkylation sites (N-methyl/N-ethyl adjacent to an activating group) is 2. The second-order valence-corrected chi connectivity index (χ2v) is 13.7. The van der Waals surface area contributed by atoms with E-state index in [1.807, 2.05) is 35.8 Å². The standard InChI is InChI=1S/C34H49N7O4S/c1-7-21-40-33(42)31-32(39(34(40)43)22-20-25-12-16-27(35)17-13-25)36-29(23-26-14-18-28(19-15-26)46(6,44)45)41(31)24-30(37(8-2)9-3)38(10-4)11-5/h12-19,30H,7-11,20-24,35H2,1-6H3. The molecular formula is C34H49N7O4S. The zero-order valence-electron chi connectivity index (χ0n) is 28.1. The number of nitrogens with two attached hydrogens (primary N) is 1. The van der Waals surface area contributed by atoms with E-state index in [2.05, 4.69) is 37.5 Å². The smallest absolute Gasteiger partial charge is 0.332 e. The Morgan fingerprint density at radius 1 is 0.783 bits per heavy atom. The van der Waals surface area contributed by atoms with Gasteiger partial charge in [-0.25, -0.2) is 18.2 Å². The first kappa shape index (κ1) is 35.1. The van der Waals surface area contributed by atoms with Crippen LogP contribution in [0.3, 0.4) is 0 Å². The summed E-state index contributed by atoms with van der Waals surface area (Å²) in [7, 11) is -3.35. The number of aryl methyl sites for hydroxylation is 2. The largest absolute Gasteiger partial charge is 0.399 e. The summed E-state index contributed by atoms with van der Waals surface area (Å²) in [4.78, 5) is 38.2. The molecule has 0 radical (unpaired) electrons. The van der Waals surface area contributed by atoms with Crippen LogP contribution in [0.4, 0.5) is 5.69 Å². The second-order valence-electron chi connectivity index (χ2n) is 11.7. The highest BCUT2D eigenvalue weighted by Gasteiger charge is 2.27. The number of imidazole rings is 1. The minimum Gasteiger partial charge on any atom is -0.399 e. The van der Waals surface area contributed by atoms with E-state index >= 15 is 0 Å². The quantitative estimate of drug-likeness (QED) is 0.144. The summed E-state index contributed by atoms with van der Waals surface area (Å²) >= 11 is 0. The van der Waals surface area contributed by atoms with Gasteiger partial charge in [-0.3, -0.25) is 23.7 Å². The molecule has 0 aliphatic rings. The number of rotatable bonds is 16. The Morgan fingerprint density at radius 3 is 1.87 bits per heavy atom. The van der Waals surface area contributed by atoms with Crippen LogP contribution in [0.25, 0.3) is 11.2 Å². The van der Waals surface area contributed by atoms with Gasteiger partial charge in [-0.1, -0.05) is 58.9 Å². The van der Waals surface area contributed by atoms with Crippen molar-refractivity contribution < 1.29 is 8.42 Å². The number of nitrogen functional groups attached to an aromatic ring is 1.